The molecule has 2 aromatic carbocycles. The first-order chi connectivity index (χ1) is 14.8. The van der Waals surface area contributed by atoms with Gasteiger partial charge in [-0.25, -0.2) is 0 Å². The Morgan fingerprint density at radius 1 is 1.03 bits per heavy atom. The molecule has 0 saturated carbocycles. The zero-order valence-electron chi connectivity index (χ0n) is 17.3. The molecule has 1 heterocycles. The number of halogens is 3. The van der Waals surface area contributed by atoms with Crippen LogP contribution in [0.3, 0.4) is 0 Å². The van der Waals surface area contributed by atoms with Crippen LogP contribution in [0, 0.1) is 6.92 Å². The van der Waals surface area contributed by atoms with Gasteiger partial charge in [0.2, 0.25) is 0 Å². The SMILES string of the molecule is CCOC(=O)CCc1ccc(OCc2sc(-c3ccc(C(F)(F)F)cc3)cc2C)cc1. The molecule has 0 amide bonds. The van der Waals surface area contributed by atoms with E-state index in [0.717, 1.165) is 38.6 Å². The molecule has 0 bridgehead atoms. The summed E-state index contributed by atoms with van der Waals surface area (Å²) >= 11 is 1.51. The molecular formula is C24H23F3O3S. The highest BCUT2D eigenvalue weighted by Crippen LogP contribution is 2.35. The second kappa shape index (κ2) is 10.0. The third-order valence-corrected chi connectivity index (χ3v) is 5.99. The van der Waals surface area contributed by atoms with E-state index in [4.69, 9.17) is 9.47 Å². The molecule has 7 heteroatoms. The van der Waals surface area contributed by atoms with Gasteiger partial charge < -0.3 is 9.47 Å². The average Bonchev–Trinajstić information content (AvgIpc) is 3.12. The summed E-state index contributed by atoms with van der Waals surface area (Å²) in [4.78, 5) is 13.4. The topological polar surface area (TPSA) is 35.5 Å². The summed E-state index contributed by atoms with van der Waals surface area (Å²) in [6, 6.07) is 14.7. The minimum Gasteiger partial charge on any atom is -0.488 e. The molecule has 0 aliphatic rings. The van der Waals surface area contributed by atoms with Gasteiger partial charge in [0.15, 0.2) is 0 Å². The van der Waals surface area contributed by atoms with Gasteiger partial charge >= 0.3 is 12.1 Å². The van der Waals surface area contributed by atoms with Gasteiger partial charge in [-0.05, 0) is 67.3 Å². The Balaban J connectivity index is 1.59. The lowest BCUT2D eigenvalue weighted by Crippen LogP contribution is -2.05. The zero-order valence-corrected chi connectivity index (χ0v) is 18.1. The summed E-state index contributed by atoms with van der Waals surface area (Å²) in [5, 5.41) is 0. The number of hydrogen-bond donors (Lipinski definition) is 0. The molecule has 0 spiro atoms. The maximum absolute atomic E-state index is 12.8. The van der Waals surface area contributed by atoms with E-state index < -0.39 is 11.7 Å². The summed E-state index contributed by atoms with van der Waals surface area (Å²) in [5.41, 5.74) is 2.15. The summed E-state index contributed by atoms with van der Waals surface area (Å²) in [6.45, 7) is 4.50. The number of hydrogen-bond acceptors (Lipinski definition) is 4. The molecule has 1 aromatic heterocycles. The number of alkyl halides is 3. The summed E-state index contributed by atoms with van der Waals surface area (Å²) < 4.78 is 49.1. The fourth-order valence-electron chi connectivity index (χ4n) is 3.01. The number of carbonyl (C=O) groups excluding carboxylic acids is 1. The van der Waals surface area contributed by atoms with Crippen molar-refractivity contribution in [2.45, 2.75) is 39.5 Å². The van der Waals surface area contributed by atoms with E-state index in [-0.39, 0.29) is 5.97 Å². The molecule has 0 saturated heterocycles. The van der Waals surface area contributed by atoms with Crippen LogP contribution in [-0.2, 0) is 28.7 Å². The minimum atomic E-state index is -4.34. The van der Waals surface area contributed by atoms with Gasteiger partial charge in [-0.3, -0.25) is 4.79 Å². The molecular weight excluding hydrogens is 425 g/mol. The van der Waals surface area contributed by atoms with Crippen molar-refractivity contribution in [3.05, 3.63) is 76.2 Å². The Morgan fingerprint density at radius 2 is 1.71 bits per heavy atom. The lowest BCUT2D eigenvalue weighted by molar-refractivity contribution is -0.143. The standard InChI is InChI=1S/C24H23F3O3S/c1-3-29-23(28)13-6-17-4-11-20(12-5-17)30-15-22-16(2)14-21(31-22)18-7-9-19(10-8-18)24(25,26)27/h4-5,7-12,14H,3,6,13,15H2,1-2H3. The second-order valence-corrected chi connectivity index (χ2v) is 8.17. The lowest BCUT2D eigenvalue weighted by atomic mass is 10.1. The second-order valence-electron chi connectivity index (χ2n) is 7.03. The van der Waals surface area contributed by atoms with E-state index in [2.05, 4.69) is 0 Å². The molecule has 3 rings (SSSR count). The molecule has 3 nitrogen and oxygen atoms in total. The maximum atomic E-state index is 12.8. The van der Waals surface area contributed by atoms with Crippen LogP contribution < -0.4 is 4.74 Å². The molecule has 0 N–H and O–H groups in total. The maximum Gasteiger partial charge on any atom is 0.416 e. The van der Waals surface area contributed by atoms with E-state index in [9.17, 15) is 18.0 Å². The first-order valence-corrected chi connectivity index (χ1v) is 10.7. The van der Waals surface area contributed by atoms with Gasteiger partial charge in [-0.1, -0.05) is 24.3 Å². The number of thiophene rings is 1. The molecule has 0 unspecified atom stereocenters. The van der Waals surface area contributed by atoms with Crippen LogP contribution in [-0.4, -0.2) is 12.6 Å². The van der Waals surface area contributed by atoms with E-state index in [0.29, 0.717) is 31.8 Å². The molecule has 164 valence electrons. The Hall–Kier alpha value is -2.80. The summed E-state index contributed by atoms with van der Waals surface area (Å²) in [6.07, 6.45) is -3.38. The predicted molar refractivity (Wildman–Crippen MR) is 115 cm³/mol. The highest BCUT2D eigenvalue weighted by atomic mass is 32.1. The monoisotopic (exact) mass is 448 g/mol. The van der Waals surface area contributed by atoms with E-state index in [1.165, 1.54) is 23.5 Å². The number of benzene rings is 2. The van der Waals surface area contributed by atoms with E-state index in [1.54, 1.807) is 6.92 Å². The number of carbonyl (C=O) groups is 1. The van der Waals surface area contributed by atoms with Crippen molar-refractivity contribution in [2.75, 3.05) is 6.61 Å². The van der Waals surface area contributed by atoms with Crippen molar-refractivity contribution < 1.29 is 27.4 Å². The Morgan fingerprint density at radius 3 is 2.32 bits per heavy atom. The molecule has 0 atom stereocenters. The van der Waals surface area contributed by atoms with Crippen LogP contribution in [0.1, 0.15) is 34.9 Å². The molecule has 3 aromatic rings. The van der Waals surface area contributed by atoms with Gasteiger partial charge in [-0.2, -0.15) is 13.2 Å². The summed E-state index contributed by atoms with van der Waals surface area (Å²) in [7, 11) is 0. The van der Waals surface area contributed by atoms with Crippen molar-refractivity contribution in [2.24, 2.45) is 0 Å². The smallest absolute Gasteiger partial charge is 0.416 e. The van der Waals surface area contributed by atoms with Gasteiger partial charge in [-0.15, -0.1) is 11.3 Å². The molecule has 0 aliphatic carbocycles. The molecule has 0 fully saturated rings. The largest absolute Gasteiger partial charge is 0.488 e. The number of aryl methyl sites for hydroxylation is 2. The van der Waals surface area contributed by atoms with Crippen molar-refractivity contribution in [1.29, 1.82) is 0 Å². The fraction of sp³-hybridized carbons (Fsp3) is 0.292. The molecule has 31 heavy (non-hydrogen) atoms. The molecule has 0 radical (unpaired) electrons. The normalized spacial score (nSPS) is 11.4. The summed E-state index contributed by atoms with van der Waals surface area (Å²) in [5.74, 6) is 0.503. The van der Waals surface area contributed by atoms with E-state index >= 15 is 0 Å². The predicted octanol–water partition coefficient (Wildman–Crippen LogP) is 6.82. The highest BCUT2D eigenvalue weighted by molar-refractivity contribution is 7.15. The third kappa shape index (κ3) is 6.34. The number of ether oxygens (including phenoxy) is 2. The van der Waals surface area contributed by atoms with Gasteiger partial charge in [0, 0.05) is 16.2 Å². The van der Waals surface area contributed by atoms with Crippen molar-refractivity contribution >= 4 is 17.3 Å². The Kier molecular flexibility index (Phi) is 7.38. The number of rotatable bonds is 8. The lowest BCUT2D eigenvalue weighted by Gasteiger charge is -2.07. The van der Waals surface area contributed by atoms with E-state index in [1.807, 2.05) is 37.3 Å². The first kappa shape index (κ1) is 22.9. The van der Waals surface area contributed by atoms with Gasteiger partial charge in [0.1, 0.15) is 12.4 Å². The van der Waals surface area contributed by atoms with Crippen molar-refractivity contribution in [3.8, 4) is 16.2 Å². The van der Waals surface area contributed by atoms with Crippen molar-refractivity contribution in [1.82, 2.24) is 0 Å². The minimum absolute atomic E-state index is 0.208. The average molecular weight is 449 g/mol. The van der Waals surface area contributed by atoms with Crippen LogP contribution in [0.5, 0.6) is 5.75 Å². The van der Waals surface area contributed by atoms with Crippen molar-refractivity contribution in [3.63, 3.8) is 0 Å². The highest BCUT2D eigenvalue weighted by Gasteiger charge is 2.30. The van der Waals surface area contributed by atoms with Crippen LogP contribution >= 0.6 is 11.3 Å². The first-order valence-electron chi connectivity index (χ1n) is 9.90. The van der Waals surface area contributed by atoms with Crippen LogP contribution in [0.25, 0.3) is 10.4 Å². The van der Waals surface area contributed by atoms with Crippen LogP contribution in [0.4, 0.5) is 13.2 Å². The van der Waals surface area contributed by atoms with Crippen LogP contribution in [0.15, 0.2) is 54.6 Å². The zero-order chi connectivity index (χ0) is 22.4. The Labute approximate surface area is 183 Å². The Bertz CT molecular complexity index is 1010. The fourth-order valence-corrected chi connectivity index (χ4v) is 4.10. The third-order valence-electron chi connectivity index (χ3n) is 4.73. The number of esters is 1. The van der Waals surface area contributed by atoms with Crippen LogP contribution in [0.2, 0.25) is 0 Å². The quantitative estimate of drug-likeness (QED) is 0.355. The van der Waals surface area contributed by atoms with Gasteiger partial charge in [0.05, 0.1) is 12.2 Å². The van der Waals surface area contributed by atoms with Gasteiger partial charge in [0.25, 0.3) is 0 Å². The molecule has 0 aliphatic heterocycles.